The van der Waals surface area contributed by atoms with Crippen LogP contribution in [0.3, 0.4) is 0 Å². The maximum Gasteiger partial charge on any atom is 0.155 e. The van der Waals surface area contributed by atoms with E-state index in [0.717, 1.165) is 28.1 Å². The van der Waals surface area contributed by atoms with Gasteiger partial charge in [0, 0.05) is 36.6 Å². The number of benzene rings is 2. The zero-order valence-corrected chi connectivity index (χ0v) is 17.1. The minimum absolute atomic E-state index is 0.266. The molecule has 0 aliphatic rings. The average molecular weight is 425 g/mol. The first kappa shape index (κ1) is 19.8. The van der Waals surface area contributed by atoms with Crippen LogP contribution in [0.25, 0.3) is 22.8 Å². The molecule has 0 unspecified atom stereocenters. The first-order chi connectivity index (χ1) is 15.8. The van der Waals surface area contributed by atoms with Gasteiger partial charge in [0.15, 0.2) is 5.82 Å². The molecule has 0 fully saturated rings. The first-order valence-corrected chi connectivity index (χ1v) is 10.2. The molecule has 0 aliphatic heterocycles. The molecule has 0 amide bonds. The lowest BCUT2D eigenvalue weighted by atomic mass is 10.1. The molecule has 0 radical (unpaired) electrons. The number of aromatic nitrogens is 6. The summed E-state index contributed by atoms with van der Waals surface area (Å²) in [5, 5.41) is 12.3. The molecule has 1 N–H and O–H groups in total. The van der Waals surface area contributed by atoms with Gasteiger partial charge in [-0.3, -0.25) is 0 Å². The zero-order valence-electron chi connectivity index (χ0n) is 17.1. The molecule has 8 heteroatoms. The fourth-order valence-electron chi connectivity index (χ4n) is 3.43. The van der Waals surface area contributed by atoms with E-state index in [2.05, 4.69) is 20.4 Å². The number of hydrogen-bond donors (Lipinski definition) is 1. The maximum atomic E-state index is 13.4. The maximum absolute atomic E-state index is 13.4. The van der Waals surface area contributed by atoms with Gasteiger partial charge in [-0.1, -0.05) is 24.3 Å². The van der Waals surface area contributed by atoms with Gasteiger partial charge in [-0.2, -0.15) is 10.2 Å². The summed E-state index contributed by atoms with van der Waals surface area (Å²) in [7, 11) is 0. The fourth-order valence-corrected chi connectivity index (χ4v) is 3.43. The summed E-state index contributed by atoms with van der Waals surface area (Å²) in [4.78, 5) is 8.37. The Bertz CT molecular complexity index is 1280. The van der Waals surface area contributed by atoms with Crippen LogP contribution in [0.1, 0.15) is 11.1 Å². The van der Waals surface area contributed by atoms with Crippen LogP contribution in [0.2, 0.25) is 0 Å². The quantitative estimate of drug-likeness (QED) is 0.428. The van der Waals surface area contributed by atoms with Crippen molar-refractivity contribution in [3.63, 3.8) is 0 Å². The number of para-hydroxylation sites is 1. The number of rotatable bonds is 7. The Kier molecular flexibility index (Phi) is 5.50. The van der Waals surface area contributed by atoms with Gasteiger partial charge in [-0.05, 0) is 48.0 Å². The van der Waals surface area contributed by atoms with Crippen molar-refractivity contribution in [1.82, 2.24) is 34.8 Å². The molecule has 0 aliphatic carbocycles. The number of hydrogen-bond acceptors (Lipinski definition) is 5. The third kappa shape index (κ3) is 4.30. The van der Waals surface area contributed by atoms with Crippen LogP contribution >= 0.6 is 0 Å². The lowest BCUT2D eigenvalue weighted by Crippen LogP contribution is -2.13. The second-order valence-corrected chi connectivity index (χ2v) is 7.26. The van der Waals surface area contributed by atoms with E-state index in [-0.39, 0.29) is 5.82 Å². The predicted octanol–water partition coefficient (Wildman–Crippen LogP) is 3.94. The van der Waals surface area contributed by atoms with E-state index in [4.69, 9.17) is 5.10 Å². The molecule has 158 valence electrons. The minimum Gasteiger partial charge on any atom is -0.308 e. The largest absolute Gasteiger partial charge is 0.308 e. The van der Waals surface area contributed by atoms with Crippen molar-refractivity contribution in [3.8, 4) is 22.8 Å². The molecule has 0 bridgehead atoms. The van der Waals surface area contributed by atoms with Crippen molar-refractivity contribution in [2.45, 2.75) is 13.1 Å². The molecule has 0 saturated carbocycles. The summed E-state index contributed by atoms with van der Waals surface area (Å²) in [6.07, 6.45) is 6.92. The number of nitrogens with zero attached hydrogens (tertiary/aromatic N) is 6. The van der Waals surface area contributed by atoms with Crippen molar-refractivity contribution < 1.29 is 4.39 Å². The molecule has 7 nitrogen and oxygen atoms in total. The normalized spacial score (nSPS) is 11.0. The van der Waals surface area contributed by atoms with E-state index in [1.54, 1.807) is 23.1 Å². The zero-order chi connectivity index (χ0) is 21.8. The van der Waals surface area contributed by atoms with Gasteiger partial charge in [-0.15, -0.1) is 0 Å². The molecule has 5 aromatic rings. The van der Waals surface area contributed by atoms with Crippen molar-refractivity contribution in [2.75, 3.05) is 0 Å². The number of nitrogens with one attached hydrogen (secondary N) is 1. The molecule has 2 aromatic carbocycles. The van der Waals surface area contributed by atoms with Crippen LogP contribution in [0.15, 0.2) is 91.8 Å². The Hall–Kier alpha value is -4.17. The second kappa shape index (κ2) is 8.91. The van der Waals surface area contributed by atoms with E-state index < -0.39 is 0 Å². The van der Waals surface area contributed by atoms with Crippen molar-refractivity contribution in [2.24, 2.45) is 0 Å². The van der Waals surface area contributed by atoms with Gasteiger partial charge >= 0.3 is 0 Å². The molecule has 3 aromatic heterocycles. The van der Waals surface area contributed by atoms with Crippen LogP contribution in [0, 0.1) is 5.82 Å². The molecule has 0 saturated heterocycles. The predicted molar refractivity (Wildman–Crippen MR) is 119 cm³/mol. The number of halogens is 1. The topological polar surface area (TPSA) is 73.5 Å². The van der Waals surface area contributed by atoms with Gasteiger partial charge in [-0.25, -0.2) is 23.7 Å². The highest BCUT2D eigenvalue weighted by Crippen LogP contribution is 2.24. The minimum atomic E-state index is -0.266. The van der Waals surface area contributed by atoms with Crippen LogP contribution in [-0.2, 0) is 13.1 Å². The van der Waals surface area contributed by atoms with Crippen LogP contribution in [0.4, 0.5) is 4.39 Å². The summed E-state index contributed by atoms with van der Waals surface area (Å²) < 4.78 is 16.9. The van der Waals surface area contributed by atoms with Crippen molar-refractivity contribution in [1.29, 1.82) is 0 Å². The Morgan fingerprint density at radius 2 is 1.72 bits per heavy atom. The van der Waals surface area contributed by atoms with Gasteiger partial charge in [0.25, 0.3) is 0 Å². The molecule has 5 rings (SSSR count). The van der Waals surface area contributed by atoms with Crippen molar-refractivity contribution >= 4 is 0 Å². The summed E-state index contributed by atoms with van der Waals surface area (Å²) >= 11 is 0. The lowest BCUT2D eigenvalue weighted by Gasteiger charge is -2.06. The van der Waals surface area contributed by atoms with E-state index in [1.807, 2.05) is 59.5 Å². The molecule has 3 heterocycles. The fraction of sp³-hybridized carbons (Fsp3) is 0.0833. The highest BCUT2D eigenvalue weighted by Gasteiger charge is 2.12. The standard InChI is InChI=1S/C24H20FN7/c25-21-9-7-19(8-10-21)24-20(15-31(30-24)22-4-2-1-3-5-22)14-26-12-18-6-11-23(28-13-18)32-17-27-16-29-32/h1-11,13,15-17,26H,12,14H2. The molecular weight excluding hydrogens is 405 g/mol. The third-order valence-electron chi connectivity index (χ3n) is 5.04. The highest BCUT2D eigenvalue weighted by atomic mass is 19.1. The van der Waals surface area contributed by atoms with Gasteiger partial charge in [0.2, 0.25) is 0 Å². The highest BCUT2D eigenvalue weighted by molar-refractivity contribution is 5.63. The van der Waals surface area contributed by atoms with Crippen LogP contribution < -0.4 is 5.32 Å². The van der Waals surface area contributed by atoms with E-state index in [0.29, 0.717) is 18.9 Å². The smallest absolute Gasteiger partial charge is 0.155 e. The van der Waals surface area contributed by atoms with Crippen LogP contribution in [0.5, 0.6) is 0 Å². The third-order valence-corrected chi connectivity index (χ3v) is 5.04. The number of pyridine rings is 1. The molecule has 32 heavy (non-hydrogen) atoms. The van der Waals surface area contributed by atoms with Gasteiger partial charge < -0.3 is 5.32 Å². The summed E-state index contributed by atoms with van der Waals surface area (Å²) in [6.45, 7) is 1.24. The van der Waals surface area contributed by atoms with Crippen LogP contribution in [-0.4, -0.2) is 29.5 Å². The summed E-state index contributed by atoms with van der Waals surface area (Å²) in [5.74, 6) is 0.451. The summed E-state index contributed by atoms with van der Waals surface area (Å²) in [5.41, 5.74) is 4.73. The molecule has 0 spiro atoms. The monoisotopic (exact) mass is 425 g/mol. The van der Waals surface area contributed by atoms with E-state index in [1.165, 1.54) is 18.5 Å². The first-order valence-electron chi connectivity index (χ1n) is 10.2. The molecular formula is C24H20FN7. The van der Waals surface area contributed by atoms with E-state index >= 15 is 0 Å². The Balaban J connectivity index is 1.34. The van der Waals surface area contributed by atoms with E-state index in [9.17, 15) is 4.39 Å². The van der Waals surface area contributed by atoms with Crippen molar-refractivity contribution in [3.05, 3.63) is 109 Å². The Morgan fingerprint density at radius 3 is 2.44 bits per heavy atom. The van der Waals surface area contributed by atoms with Gasteiger partial charge in [0.05, 0.1) is 11.4 Å². The summed E-state index contributed by atoms with van der Waals surface area (Å²) in [6, 6.07) is 20.2. The SMILES string of the molecule is Fc1ccc(-c2nn(-c3ccccc3)cc2CNCc2ccc(-n3cncn3)nc2)cc1. The van der Waals surface area contributed by atoms with Gasteiger partial charge in [0.1, 0.15) is 18.5 Å². The Labute approximate surface area is 184 Å². The lowest BCUT2D eigenvalue weighted by molar-refractivity contribution is 0.628. The Morgan fingerprint density at radius 1 is 0.875 bits per heavy atom. The average Bonchev–Trinajstić information content (AvgIpc) is 3.52. The second-order valence-electron chi connectivity index (χ2n) is 7.26. The molecule has 0 atom stereocenters.